The maximum absolute atomic E-state index is 12.6. The molecule has 1 N–H and O–H groups in total. The maximum Gasteiger partial charge on any atom is 0.261 e. The average molecular weight is 342 g/mol. The van der Waals surface area contributed by atoms with E-state index in [0.29, 0.717) is 6.04 Å². The first-order chi connectivity index (χ1) is 11.7. The molecule has 2 aliphatic rings. The number of thiophene rings is 1. The monoisotopic (exact) mass is 342 g/mol. The number of ether oxygens (including phenoxy) is 1. The first kappa shape index (κ1) is 15.7. The molecule has 1 aromatic carbocycles. The van der Waals surface area contributed by atoms with E-state index in [2.05, 4.69) is 10.2 Å². The normalized spacial score (nSPS) is 25.5. The van der Waals surface area contributed by atoms with E-state index in [9.17, 15) is 4.79 Å². The van der Waals surface area contributed by atoms with Gasteiger partial charge in [0.25, 0.3) is 5.91 Å². The third-order valence-electron chi connectivity index (χ3n) is 5.01. The van der Waals surface area contributed by atoms with Crippen molar-refractivity contribution in [1.29, 1.82) is 0 Å². The number of methoxy groups -OCH3 is 1. The van der Waals surface area contributed by atoms with Crippen LogP contribution in [0.3, 0.4) is 0 Å². The summed E-state index contributed by atoms with van der Waals surface area (Å²) in [6.07, 6.45) is 2.41. The van der Waals surface area contributed by atoms with Crippen molar-refractivity contribution in [2.24, 2.45) is 5.92 Å². The number of benzene rings is 1. The number of fused-ring (bicyclic) bond motifs is 2. The van der Waals surface area contributed by atoms with Crippen LogP contribution in [0.2, 0.25) is 0 Å². The van der Waals surface area contributed by atoms with E-state index in [1.54, 1.807) is 18.4 Å². The smallest absolute Gasteiger partial charge is 0.261 e. The molecule has 0 radical (unpaired) electrons. The lowest BCUT2D eigenvalue weighted by Crippen LogP contribution is -2.46. The zero-order valence-corrected chi connectivity index (χ0v) is 14.6. The van der Waals surface area contributed by atoms with Crippen LogP contribution in [0.25, 0.3) is 10.4 Å². The first-order valence-electron chi connectivity index (χ1n) is 8.49. The Morgan fingerprint density at radius 1 is 1.21 bits per heavy atom. The third-order valence-corrected chi connectivity index (χ3v) is 6.14. The summed E-state index contributed by atoms with van der Waals surface area (Å²) in [7, 11) is 1.66. The number of piperidine rings is 1. The highest BCUT2D eigenvalue weighted by Crippen LogP contribution is 2.30. The minimum atomic E-state index is 0.0623. The van der Waals surface area contributed by atoms with Crippen LogP contribution in [0.15, 0.2) is 36.4 Å². The molecule has 2 saturated heterocycles. The number of hydrogen-bond donors (Lipinski definition) is 1. The van der Waals surface area contributed by atoms with Gasteiger partial charge in [0.1, 0.15) is 5.75 Å². The van der Waals surface area contributed by atoms with Crippen molar-refractivity contribution in [2.75, 3.05) is 26.7 Å². The van der Waals surface area contributed by atoms with Gasteiger partial charge in [-0.2, -0.15) is 0 Å². The Bertz CT molecular complexity index is 713. The summed E-state index contributed by atoms with van der Waals surface area (Å²) in [5.74, 6) is 1.67. The summed E-state index contributed by atoms with van der Waals surface area (Å²) in [6, 6.07) is 12.2. The van der Waals surface area contributed by atoms with Crippen LogP contribution in [-0.4, -0.2) is 43.6 Å². The molecule has 2 aliphatic heterocycles. The Morgan fingerprint density at radius 2 is 2.04 bits per heavy atom. The lowest BCUT2D eigenvalue weighted by atomic mass is 9.97. The Balaban J connectivity index is 1.42. The molecule has 2 fully saturated rings. The van der Waals surface area contributed by atoms with Crippen molar-refractivity contribution in [1.82, 2.24) is 10.2 Å². The average Bonchev–Trinajstić information content (AvgIpc) is 3.22. The van der Waals surface area contributed by atoms with E-state index in [-0.39, 0.29) is 5.91 Å². The highest BCUT2D eigenvalue weighted by Gasteiger charge is 2.33. The van der Waals surface area contributed by atoms with Gasteiger partial charge in [0.2, 0.25) is 0 Å². The van der Waals surface area contributed by atoms with Crippen molar-refractivity contribution in [3.8, 4) is 16.2 Å². The van der Waals surface area contributed by atoms with Crippen LogP contribution >= 0.6 is 11.3 Å². The van der Waals surface area contributed by atoms with Gasteiger partial charge < -0.3 is 15.0 Å². The Labute approximate surface area is 146 Å². The second-order valence-electron chi connectivity index (χ2n) is 6.71. The van der Waals surface area contributed by atoms with Crippen molar-refractivity contribution < 1.29 is 9.53 Å². The predicted octanol–water partition coefficient (Wildman–Crippen LogP) is 3.25. The van der Waals surface area contributed by atoms with Crippen molar-refractivity contribution >= 4 is 17.2 Å². The molecule has 3 atom stereocenters. The van der Waals surface area contributed by atoms with E-state index < -0.39 is 0 Å². The van der Waals surface area contributed by atoms with Crippen LogP contribution in [0.5, 0.6) is 5.75 Å². The fraction of sp³-hybridized carbons (Fsp3) is 0.421. The molecule has 2 aromatic rings. The van der Waals surface area contributed by atoms with Crippen LogP contribution in [0, 0.1) is 5.92 Å². The molecule has 0 spiro atoms. The van der Waals surface area contributed by atoms with Gasteiger partial charge in [0, 0.05) is 24.0 Å². The molecule has 1 aromatic heterocycles. The quantitative estimate of drug-likeness (QED) is 0.927. The number of carbonyl (C=O) groups excluding carboxylic acids is 1. The molecular formula is C19H22N2O2S. The lowest BCUT2D eigenvalue weighted by Gasteiger charge is -2.30. The summed E-state index contributed by atoms with van der Waals surface area (Å²) in [4.78, 5) is 16.9. The molecule has 4 rings (SSSR count). The molecule has 2 bridgehead atoms. The highest BCUT2D eigenvalue weighted by molar-refractivity contribution is 7.17. The van der Waals surface area contributed by atoms with Crippen molar-refractivity contribution in [3.63, 3.8) is 0 Å². The molecule has 1 amide bonds. The van der Waals surface area contributed by atoms with Gasteiger partial charge in [-0.1, -0.05) is 0 Å². The van der Waals surface area contributed by atoms with Gasteiger partial charge in [-0.25, -0.2) is 0 Å². The van der Waals surface area contributed by atoms with Gasteiger partial charge in [-0.05, 0) is 67.3 Å². The minimum absolute atomic E-state index is 0.0623. The molecule has 0 saturated carbocycles. The standard InChI is InChI=1S/C19H22N2O2S/c1-23-16-4-2-14(3-5-16)17-6-7-18(24-17)19(22)20-15-10-13-8-9-21(11-13)12-15/h2-7,13,15H,8-12H2,1H3,(H,20,22)/t13-,15+/m0/s1. The van der Waals surface area contributed by atoms with Crippen LogP contribution in [0.1, 0.15) is 22.5 Å². The van der Waals surface area contributed by atoms with E-state index in [0.717, 1.165) is 40.0 Å². The molecule has 0 aliphatic carbocycles. The number of nitrogens with zero attached hydrogens (tertiary/aromatic N) is 1. The zero-order valence-electron chi connectivity index (χ0n) is 13.8. The summed E-state index contributed by atoms with van der Waals surface area (Å²) < 4.78 is 5.19. The number of hydrogen-bond acceptors (Lipinski definition) is 4. The van der Waals surface area contributed by atoms with E-state index in [1.807, 2.05) is 36.4 Å². The summed E-state index contributed by atoms with van der Waals surface area (Å²) >= 11 is 1.55. The highest BCUT2D eigenvalue weighted by atomic mass is 32.1. The second-order valence-corrected chi connectivity index (χ2v) is 7.80. The number of carbonyl (C=O) groups is 1. The number of amides is 1. The lowest BCUT2D eigenvalue weighted by molar-refractivity contribution is 0.0913. The molecular weight excluding hydrogens is 320 g/mol. The topological polar surface area (TPSA) is 41.6 Å². The van der Waals surface area contributed by atoms with E-state index >= 15 is 0 Å². The number of rotatable bonds is 4. The van der Waals surface area contributed by atoms with Crippen molar-refractivity contribution in [2.45, 2.75) is 18.9 Å². The van der Waals surface area contributed by atoms with E-state index in [4.69, 9.17) is 4.74 Å². The fourth-order valence-electron chi connectivity index (χ4n) is 3.79. The third kappa shape index (κ3) is 3.19. The predicted molar refractivity (Wildman–Crippen MR) is 96.7 cm³/mol. The zero-order chi connectivity index (χ0) is 16.5. The van der Waals surface area contributed by atoms with Gasteiger partial charge in [0.15, 0.2) is 0 Å². The molecule has 4 nitrogen and oxygen atoms in total. The fourth-order valence-corrected chi connectivity index (χ4v) is 4.71. The molecule has 3 heterocycles. The van der Waals surface area contributed by atoms with Crippen molar-refractivity contribution in [3.05, 3.63) is 41.3 Å². The summed E-state index contributed by atoms with van der Waals surface area (Å²) in [6.45, 7) is 3.41. The summed E-state index contributed by atoms with van der Waals surface area (Å²) in [5, 5.41) is 3.23. The van der Waals surface area contributed by atoms with Gasteiger partial charge in [0.05, 0.1) is 12.0 Å². The Hall–Kier alpha value is -1.85. The van der Waals surface area contributed by atoms with Gasteiger partial charge in [-0.15, -0.1) is 11.3 Å². The summed E-state index contributed by atoms with van der Waals surface area (Å²) in [5.41, 5.74) is 1.11. The van der Waals surface area contributed by atoms with Gasteiger partial charge >= 0.3 is 0 Å². The van der Waals surface area contributed by atoms with Crippen LogP contribution < -0.4 is 10.1 Å². The van der Waals surface area contributed by atoms with Crippen LogP contribution in [0.4, 0.5) is 0 Å². The molecule has 5 heteroatoms. The Morgan fingerprint density at radius 3 is 2.79 bits per heavy atom. The SMILES string of the molecule is COc1ccc(-c2ccc(C(=O)N[C@@H]3C[C@@H]4CCN(C4)C3)s2)cc1. The maximum atomic E-state index is 12.6. The molecule has 1 unspecified atom stereocenters. The second kappa shape index (κ2) is 6.57. The minimum Gasteiger partial charge on any atom is -0.497 e. The van der Waals surface area contributed by atoms with Crippen LogP contribution in [-0.2, 0) is 0 Å². The van der Waals surface area contributed by atoms with Gasteiger partial charge in [-0.3, -0.25) is 4.79 Å². The van der Waals surface area contributed by atoms with E-state index in [1.165, 1.54) is 19.5 Å². The first-order valence-corrected chi connectivity index (χ1v) is 9.30. The largest absolute Gasteiger partial charge is 0.497 e. The molecule has 126 valence electrons. The Kier molecular flexibility index (Phi) is 4.29. The molecule has 24 heavy (non-hydrogen) atoms. The number of nitrogens with one attached hydrogen (secondary N) is 1.